The van der Waals surface area contributed by atoms with Gasteiger partial charge in [-0.3, -0.25) is 0 Å². The number of ether oxygens (including phenoxy) is 1. The van der Waals surface area contributed by atoms with E-state index >= 15 is 0 Å². The molecular weight excluding hydrogens is 285 g/mol. The molecule has 2 aromatic rings. The molecule has 0 unspecified atom stereocenters. The highest BCUT2D eigenvalue weighted by atomic mass is 19.4. The Morgan fingerprint density at radius 2 is 2.10 bits per heavy atom. The molecular formula is C13H15F3N4O. The topological polar surface area (TPSA) is 66.0 Å². The van der Waals surface area contributed by atoms with E-state index in [0.29, 0.717) is 12.4 Å². The second-order valence-corrected chi connectivity index (χ2v) is 4.44. The Bertz CT molecular complexity index is 610. The van der Waals surface area contributed by atoms with Crippen molar-refractivity contribution in [1.29, 1.82) is 0 Å². The number of nitrogens with zero attached hydrogens (tertiary/aromatic N) is 3. The average molecular weight is 300 g/mol. The van der Waals surface area contributed by atoms with Gasteiger partial charge in [-0.05, 0) is 24.6 Å². The monoisotopic (exact) mass is 300 g/mol. The summed E-state index contributed by atoms with van der Waals surface area (Å²) in [6.07, 6.45) is -2.13. The number of alkyl halides is 3. The molecule has 8 heteroatoms. The predicted molar refractivity (Wildman–Crippen MR) is 70.5 cm³/mol. The molecule has 2 N–H and O–H groups in total. The van der Waals surface area contributed by atoms with Gasteiger partial charge in [-0.2, -0.15) is 18.3 Å². The fourth-order valence-corrected chi connectivity index (χ4v) is 1.80. The summed E-state index contributed by atoms with van der Waals surface area (Å²) in [6.45, 7) is 2.79. The Hall–Kier alpha value is -2.25. The molecule has 1 aromatic heterocycles. The lowest BCUT2D eigenvalue weighted by atomic mass is 10.2. The van der Waals surface area contributed by atoms with E-state index in [1.165, 1.54) is 12.4 Å². The Kier molecular flexibility index (Phi) is 4.35. The maximum atomic E-state index is 12.5. The first-order chi connectivity index (χ1) is 9.91. The van der Waals surface area contributed by atoms with E-state index in [2.05, 4.69) is 10.1 Å². The van der Waals surface area contributed by atoms with Gasteiger partial charge in [0.15, 0.2) is 5.82 Å². The fraction of sp³-hybridized carbons (Fsp3) is 0.385. The minimum atomic E-state index is -4.42. The Labute approximate surface area is 119 Å². The van der Waals surface area contributed by atoms with E-state index in [9.17, 15) is 13.2 Å². The van der Waals surface area contributed by atoms with E-state index < -0.39 is 11.7 Å². The van der Waals surface area contributed by atoms with Crippen LogP contribution in [-0.4, -0.2) is 14.8 Å². The Balaban J connectivity index is 2.08. The molecule has 0 spiro atoms. The zero-order valence-electron chi connectivity index (χ0n) is 11.4. The van der Waals surface area contributed by atoms with Crippen molar-refractivity contribution in [2.75, 3.05) is 5.73 Å². The van der Waals surface area contributed by atoms with Gasteiger partial charge < -0.3 is 10.5 Å². The predicted octanol–water partition coefficient (Wildman–Crippen LogP) is 2.87. The van der Waals surface area contributed by atoms with Crippen molar-refractivity contribution in [3.8, 4) is 5.75 Å². The second-order valence-electron chi connectivity index (χ2n) is 4.44. The third-order valence-electron chi connectivity index (χ3n) is 2.83. The van der Waals surface area contributed by atoms with Crippen molar-refractivity contribution < 1.29 is 17.9 Å². The summed E-state index contributed by atoms with van der Waals surface area (Å²) >= 11 is 0. The van der Waals surface area contributed by atoms with Crippen LogP contribution in [0.1, 0.15) is 24.7 Å². The van der Waals surface area contributed by atoms with Gasteiger partial charge in [-0.1, -0.05) is 6.92 Å². The highest BCUT2D eigenvalue weighted by Crippen LogP contribution is 2.33. The second kappa shape index (κ2) is 6.02. The van der Waals surface area contributed by atoms with Gasteiger partial charge in [0.05, 0.1) is 11.3 Å². The molecule has 1 aromatic carbocycles. The number of hydrogen-bond donors (Lipinski definition) is 1. The van der Waals surface area contributed by atoms with Crippen molar-refractivity contribution in [3.63, 3.8) is 0 Å². The number of nitrogens with two attached hydrogens (primary N) is 1. The summed E-state index contributed by atoms with van der Waals surface area (Å²) in [4.78, 5) is 4.04. The van der Waals surface area contributed by atoms with Crippen molar-refractivity contribution in [2.24, 2.45) is 0 Å². The normalized spacial score (nSPS) is 11.6. The number of rotatable bonds is 5. The Morgan fingerprint density at radius 3 is 2.71 bits per heavy atom. The number of benzene rings is 1. The summed E-state index contributed by atoms with van der Waals surface area (Å²) in [6, 6.07) is 2.99. The van der Waals surface area contributed by atoms with Crippen LogP contribution in [0.25, 0.3) is 0 Å². The Morgan fingerprint density at radius 1 is 1.33 bits per heavy atom. The highest BCUT2D eigenvalue weighted by Gasteiger charge is 2.30. The quantitative estimate of drug-likeness (QED) is 0.862. The number of aryl methyl sites for hydroxylation is 1. The zero-order valence-corrected chi connectivity index (χ0v) is 11.4. The van der Waals surface area contributed by atoms with Gasteiger partial charge in [0.2, 0.25) is 0 Å². The van der Waals surface area contributed by atoms with Crippen LogP contribution in [0.15, 0.2) is 24.5 Å². The lowest BCUT2D eigenvalue weighted by molar-refractivity contribution is -0.137. The number of nitrogen functional groups attached to an aromatic ring is 1. The van der Waals surface area contributed by atoms with Crippen LogP contribution in [0.5, 0.6) is 5.75 Å². The smallest absolute Gasteiger partial charge is 0.416 e. The van der Waals surface area contributed by atoms with E-state index in [1.54, 1.807) is 4.68 Å². The molecule has 0 amide bonds. The lowest BCUT2D eigenvalue weighted by Crippen LogP contribution is -2.10. The van der Waals surface area contributed by atoms with Gasteiger partial charge in [-0.15, -0.1) is 0 Å². The van der Waals surface area contributed by atoms with Crippen LogP contribution in [0.3, 0.4) is 0 Å². The van der Waals surface area contributed by atoms with E-state index in [-0.39, 0.29) is 18.0 Å². The first kappa shape index (κ1) is 15.1. The molecule has 114 valence electrons. The number of hydrogen-bond acceptors (Lipinski definition) is 4. The molecule has 5 nitrogen and oxygen atoms in total. The average Bonchev–Trinajstić information content (AvgIpc) is 2.84. The molecule has 21 heavy (non-hydrogen) atoms. The molecule has 1 heterocycles. The van der Waals surface area contributed by atoms with Gasteiger partial charge >= 0.3 is 6.18 Å². The molecule has 0 fully saturated rings. The summed E-state index contributed by atoms with van der Waals surface area (Å²) < 4.78 is 44.7. The van der Waals surface area contributed by atoms with Gasteiger partial charge in [0.25, 0.3) is 0 Å². The third kappa shape index (κ3) is 3.65. The summed E-state index contributed by atoms with van der Waals surface area (Å²) in [5.74, 6) is 0.783. The lowest BCUT2D eigenvalue weighted by Gasteiger charge is -2.12. The fourth-order valence-electron chi connectivity index (χ4n) is 1.80. The molecule has 0 aliphatic rings. The van der Waals surface area contributed by atoms with Crippen LogP contribution in [0.2, 0.25) is 0 Å². The minimum absolute atomic E-state index is 0.0635. The first-order valence-electron chi connectivity index (χ1n) is 6.38. The van der Waals surface area contributed by atoms with Crippen LogP contribution in [0, 0.1) is 0 Å². The highest BCUT2D eigenvalue weighted by molar-refractivity contribution is 5.54. The van der Waals surface area contributed by atoms with Crippen molar-refractivity contribution in [3.05, 3.63) is 35.9 Å². The first-order valence-corrected chi connectivity index (χ1v) is 6.38. The molecule has 0 atom stereocenters. The van der Waals surface area contributed by atoms with Crippen LogP contribution >= 0.6 is 0 Å². The number of anilines is 1. The number of halogens is 3. The number of aromatic nitrogens is 3. The molecule has 0 saturated heterocycles. The van der Waals surface area contributed by atoms with Gasteiger partial charge in [-0.25, -0.2) is 9.67 Å². The van der Waals surface area contributed by atoms with Crippen LogP contribution in [0.4, 0.5) is 18.9 Å². The van der Waals surface area contributed by atoms with Gasteiger partial charge in [0, 0.05) is 6.54 Å². The molecule has 0 saturated carbocycles. The molecule has 0 aliphatic heterocycles. The molecule has 2 rings (SSSR count). The van der Waals surface area contributed by atoms with E-state index in [0.717, 1.165) is 18.6 Å². The van der Waals surface area contributed by atoms with Crippen LogP contribution in [-0.2, 0) is 19.3 Å². The summed E-state index contributed by atoms with van der Waals surface area (Å²) in [7, 11) is 0. The molecule has 0 radical (unpaired) electrons. The maximum Gasteiger partial charge on any atom is 0.416 e. The zero-order chi connectivity index (χ0) is 15.5. The van der Waals surface area contributed by atoms with Crippen LogP contribution < -0.4 is 10.5 Å². The van der Waals surface area contributed by atoms with Gasteiger partial charge in [0.1, 0.15) is 18.7 Å². The largest absolute Gasteiger partial charge is 0.483 e. The molecule has 0 aliphatic carbocycles. The molecule has 0 bridgehead atoms. The summed E-state index contributed by atoms with van der Waals surface area (Å²) in [5.41, 5.74) is 4.72. The third-order valence-corrected chi connectivity index (χ3v) is 2.83. The minimum Gasteiger partial charge on any atom is -0.483 e. The summed E-state index contributed by atoms with van der Waals surface area (Å²) in [5, 5.41) is 4.03. The standard InChI is InChI=1S/C13H15F3N4O/c1-2-5-20-12(18-8-19-20)7-21-11-4-3-9(6-10(11)17)13(14,15)16/h3-4,6,8H,2,5,7,17H2,1H3. The van der Waals surface area contributed by atoms with Crippen molar-refractivity contribution in [1.82, 2.24) is 14.8 Å². The van der Waals surface area contributed by atoms with E-state index in [4.69, 9.17) is 10.5 Å². The maximum absolute atomic E-state index is 12.5. The van der Waals surface area contributed by atoms with E-state index in [1.807, 2.05) is 6.92 Å². The van der Waals surface area contributed by atoms with Crippen molar-refractivity contribution in [2.45, 2.75) is 32.7 Å². The SMILES string of the molecule is CCCn1ncnc1COc1ccc(C(F)(F)F)cc1N. The van der Waals surface area contributed by atoms with Crippen molar-refractivity contribution >= 4 is 5.69 Å².